The maximum Gasteiger partial charge on any atom is 0.123 e. The van der Waals surface area contributed by atoms with Gasteiger partial charge in [0, 0.05) is 6.04 Å². The molecule has 1 aliphatic carbocycles. The topological polar surface area (TPSA) is 43.8 Å². The van der Waals surface area contributed by atoms with Crippen molar-refractivity contribution >= 4 is 15.9 Å². The van der Waals surface area contributed by atoms with E-state index in [1.54, 1.807) is 0 Å². The van der Waals surface area contributed by atoms with Crippen LogP contribution in [0.5, 0.6) is 0 Å². The van der Waals surface area contributed by atoms with E-state index in [-0.39, 0.29) is 0 Å². The number of hydrogen-bond acceptors (Lipinski definition) is 2. The molecule has 1 aliphatic rings. The lowest BCUT2D eigenvalue weighted by Gasteiger charge is -2.04. The van der Waals surface area contributed by atoms with Gasteiger partial charge in [-0.05, 0) is 28.8 Å². The molecule has 2 rings (SSSR count). The third kappa shape index (κ3) is 1.20. The number of imidazole rings is 1. The van der Waals surface area contributed by atoms with Crippen LogP contribution in [0.4, 0.5) is 0 Å². The Balaban J connectivity index is 2.38. The fraction of sp³-hybridized carbons (Fsp3) is 0.571. The molecule has 1 saturated carbocycles. The summed E-state index contributed by atoms with van der Waals surface area (Å²) in [5.41, 5.74) is 5.53. The summed E-state index contributed by atoms with van der Waals surface area (Å²) in [4.78, 5) is 4.19. The zero-order valence-corrected chi connectivity index (χ0v) is 7.71. The van der Waals surface area contributed by atoms with E-state index in [1.807, 2.05) is 6.20 Å². The molecular formula is C7H10BrN3. The van der Waals surface area contributed by atoms with Gasteiger partial charge in [-0.3, -0.25) is 0 Å². The summed E-state index contributed by atoms with van der Waals surface area (Å²) in [6.07, 6.45) is 4.35. The van der Waals surface area contributed by atoms with Crippen molar-refractivity contribution in [2.75, 3.05) is 0 Å². The molecule has 0 spiro atoms. The average Bonchev–Trinajstić information content (AvgIpc) is 2.76. The lowest BCUT2D eigenvalue weighted by molar-refractivity contribution is 0.669. The molecule has 0 bridgehead atoms. The van der Waals surface area contributed by atoms with Crippen molar-refractivity contribution in [1.82, 2.24) is 9.55 Å². The van der Waals surface area contributed by atoms with Gasteiger partial charge in [-0.25, -0.2) is 4.98 Å². The summed E-state index contributed by atoms with van der Waals surface area (Å²) >= 11 is 3.44. The smallest absolute Gasteiger partial charge is 0.123 e. The van der Waals surface area contributed by atoms with E-state index in [4.69, 9.17) is 5.73 Å². The molecule has 2 N–H and O–H groups in total. The van der Waals surface area contributed by atoms with Crippen LogP contribution in [0.3, 0.4) is 0 Å². The van der Waals surface area contributed by atoms with Crippen molar-refractivity contribution < 1.29 is 0 Å². The Morgan fingerprint density at radius 2 is 2.45 bits per heavy atom. The fourth-order valence-corrected chi connectivity index (χ4v) is 1.84. The van der Waals surface area contributed by atoms with Gasteiger partial charge in [0.15, 0.2) is 0 Å². The van der Waals surface area contributed by atoms with Crippen molar-refractivity contribution in [2.45, 2.75) is 25.4 Å². The van der Waals surface area contributed by atoms with Crippen LogP contribution in [0.15, 0.2) is 10.8 Å². The van der Waals surface area contributed by atoms with Gasteiger partial charge in [0.25, 0.3) is 0 Å². The summed E-state index contributed by atoms with van der Waals surface area (Å²) in [5.74, 6) is 0.986. The zero-order chi connectivity index (χ0) is 7.84. The molecule has 1 aromatic heterocycles. The molecule has 1 aromatic rings. The largest absolute Gasteiger partial charge is 0.324 e. The maximum atomic E-state index is 5.53. The molecule has 4 heteroatoms. The highest BCUT2D eigenvalue weighted by atomic mass is 79.9. The molecule has 1 fully saturated rings. The fourth-order valence-electron chi connectivity index (χ4n) is 1.24. The van der Waals surface area contributed by atoms with E-state index >= 15 is 0 Å². The first-order chi connectivity index (χ1) is 5.33. The Labute approximate surface area is 73.7 Å². The van der Waals surface area contributed by atoms with Gasteiger partial charge >= 0.3 is 0 Å². The van der Waals surface area contributed by atoms with Gasteiger partial charge in [-0.15, -0.1) is 0 Å². The van der Waals surface area contributed by atoms with E-state index in [9.17, 15) is 0 Å². The molecule has 0 aliphatic heterocycles. The highest BCUT2D eigenvalue weighted by Crippen LogP contribution is 2.38. The second-order valence-corrected chi connectivity index (χ2v) is 3.61. The minimum Gasteiger partial charge on any atom is -0.324 e. The van der Waals surface area contributed by atoms with Crippen LogP contribution in [0, 0.1) is 0 Å². The second kappa shape index (κ2) is 2.60. The average molecular weight is 216 g/mol. The number of rotatable bonds is 2. The molecule has 0 aromatic carbocycles. The molecule has 3 nitrogen and oxygen atoms in total. The minimum absolute atomic E-state index is 0.530. The van der Waals surface area contributed by atoms with Crippen LogP contribution >= 0.6 is 15.9 Å². The first kappa shape index (κ1) is 7.31. The van der Waals surface area contributed by atoms with Gasteiger partial charge in [0.05, 0.1) is 12.7 Å². The molecule has 0 atom stereocenters. The van der Waals surface area contributed by atoms with E-state index in [1.165, 1.54) is 12.8 Å². The van der Waals surface area contributed by atoms with E-state index < -0.39 is 0 Å². The molecule has 1 heterocycles. The Hall–Kier alpha value is -0.350. The van der Waals surface area contributed by atoms with Gasteiger partial charge < -0.3 is 10.3 Å². The predicted octanol–water partition coefficient (Wildman–Crippen LogP) is 1.44. The standard InChI is InChI=1S/C7H10BrN3/c8-6-4-10-7(3-9)11(6)5-1-2-5/h4-5H,1-3,9H2. The van der Waals surface area contributed by atoms with Crippen LogP contribution in [0.2, 0.25) is 0 Å². The van der Waals surface area contributed by atoms with Crippen LogP contribution in [0.25, 0.3) is 0 Å². The van der Waals surface area contributed by atoms with Gasteiger partial charge in [-0.2, -0.15) is 0 Å². The number of nitrogens with zero attached hydrogens (tertiary/aromatic N) is 2. The first-order valence-electron chi connectivity index (χ1n) is 3.74. The van der Waals surface area contributed by atoms with Crippen LogP contribution in [-0.2, 0) is 6.54 Å². The minimum atomic E-state index is 0.530. The predicted molar refractivity (Wildman–Crippen MR) is 46.1 cm³/mol. The third-order valence-electron chi connectivity index (χ3n) is 1.92. The summed E-state index contributed by atoms with van der Waals surface area (Å²) < 4.78 is 3.24. The van der Waals surface area contributed by atoms with Crippen molar-refractivity contribution in [1.29, 1.82) is 0 Å². The monoisotopic (exact) mass is 215 g/mol. The van der Waals surface area contributed by atoms with E-state index in [2.05, 4.69) is 25.5 Å². The highest BCUT2D eigenvalue weighted by Gasteiger charge is 2.27. The van der Waals surface area contributed by atoms with Crippen molar-refractivity contribution in [3.8, 4) is 0 Å². The molecule has 0 unspecified atom stereocenters. The number of nitrogens with two attached hydrogens (primary N) is 1. The van der Waals surface area contributed by atoms with Crippen molar-refractivity contribution in [3.63, 3.8) is 0 Å². The SMILES string of the molecule is NCc1ncc(Br)n1C1CC1. The lowest BCUT2D eigenvalue weighted by Crippen LogP contribution is -2.07. The van der Waals surface area contributed by atoms with Crippen LogP contribution < -0.4 is 5.73 Å². The van der Waals surface area contributed by atoms with Gasteiger partial charge in [0.1, 0.15) is 10.4 Å². The number of hydrogen-bond donors (Lipinski definition) is 1. The summed E-state index contributed by atoms with van der Waals surface area (Å²) in [6, 6.07) is 0.658. The molecule has 60 valence electrons. The Bertz CT molecular complexity index is 265. The summed E-state index contributed by atoms with van der Waals surface area (Å²) in [6.45, 7) is 0.530. The Kier molecular flexibility index (Phi) is 1.73. The number of aromatic nitrogens is 2. The summed E-state index contributed by atoms with van der Waals surface area (Å²) in [5, 5.41) is 0. The molecule has 0 amide bonds. The van der Waals surface area contributed by atoms with Gasteiger partial charge in [-0.1, -0.05) is 0 Å². The van der Waals surface area contributed by atoms with Crippen LogP contribution in [-0.4, -0.2) is 9.55 Å². The van der Waals surface area contributed by atoms with Crippen molar-refractivity contribution in [3.05, 3.63) is 16.6 Å². The second-order valence-electron chi connectivity index (χ2n) is 2.80. The summed E-state index contributed by atoms with van der Waals surface area (Å²) in [7, 11) is 0. The molecule has 0 saturated heterocycles. The highest BCUT2D eigenvalue weighted by molar-refractivity contribution is 9.10. The van der Waals surface area contributed by atoms with E-state index in [0.29, 0.717) is 12.6 Å². The molecule has 11 heavy (non-hydrogen) atoms. The first-order valence-corrected chi connectivity index (χ1v) is 4.54. The van der Waals surface area contributed by atoms with Crippen molar-refractivity contribution in [2.24, 2.45) is 5.73 Å². The van der Waals surface area contributed by atoms with E-state index in [0.717, 1.165) is 10.4 Å². The Morgan fingerprint density at radius 3 is 3.00 bits per heavy atom. The molecule has 0 radical (unpaired) electrons. The van der Waals surface area contributed by atoms with Crippen LogP contribution in [0.1, 0.15) is 24.7 Å². The maximum absolute atomic E-state index is 5.53. The lowest BCUT2D eigenvalue weighted by atomic mass is 10.5. The third-order valence-corrected chi connectivity index (χ3v) is 2.51. The number of halogens is 1. The van der Waals surface area contributed by atoms with Gasteiger partial charge in [0.2, 0.25) is 0 Å². The molecular weight excluding hydrogens is 206 g/mol. The quantitative estimate of drug-likeness (QED) is 0.812. The normalized spacial score (nSPS) is 17.3. The zero-order valence-electron chi connectivity index (χ0n) is 6.13. The Morgan fingerprint density at radius 1 is 1.73 bits per heavy atom.